The van der Waals surface area contributed by atoms with Crippen molar-refractivity contribution in [2.24, 2.45) is 0 Å². The Balaban J connectivity index is 1.31. The number of aryl methyl sites for hydroxylation is 1. The maximum Gasteiger partial charge on any atom is 0.161 e. The Morgan fingerprint density at radius 3 is 2.71 bits per heavy atom. The molecule has 0 spiro atoms. The average molecular weight is 486 g/mol. The van der Waals surface area contributed by atoms with Crippen LogP contribution in [0.1, 0.15) is 24.6 Å². The molecule has 2 aliphatic heterocycles. The van der Waals surface area contributed by atoms with Crippen LogP contribution in [0.25, 0.3) is 0 Å². The zero-order valence-corrected chi connectivity index (χ0v) is 21.3. The number of aliphatic hydroxyl groups is 1. The second-order valence-electron chi connectivity index (χ2n) is 9.60. The van der Waals surface area contributed by atoms with Gasteiger partial charge in [0, 0.05) is 57.6 Å². The van der Waals surface area contributed by atoms with Crippen molar-refractivity contribution < 1.29 is 19.3 Å². The lowest BCUT2D eigenvalue weighted by atomic mass is 10.0. The number of morpholine rings is 1. The smallest absolute Gasteiger partial charge is 0.161 e. The van der Waals surface area contributed by atoms with Gasteiger partial charge in [0.2, 0.25) is 0 Å². The number of aromatic nitrogens is 2. The first-order chi connectivity index (χ1) is 16.9. The molecule has 0 unspecified atom stereocenters. The molecule has 2 fully saturated rings. The van der Waals surface area contributed by atoms with Crippen molar-refractivity contribution in [3.8, 4) is 11.5 Å². The van der Waals surface area contributed by atoms with E-state index in [9.17, 15) is 5.11 Å². The van der Waals surface area contributed by atoms with Crippen LogP contribution in [0.15, 0.2) is 30.6 Å². The maximum atomic E-state index is 11.2. The van der Waals surface area contributed by atoms with E-state index in [0.29, 0.717) is 39.3 Å². The normalized spacial score (nSPS) is 21.0. The van der Waals surface area contributed by atoms with Crippen molar-refractivity contribution in [2.45, 2.75) is 32.4 Å². The topological polar surface area (TPSA) is 83.4 Å². The highest BCUT2D eigenvalue weighted by atomic mass is 16.5. The highest BCUT2D eigenvalue weighted by molar-refractivity contribution is 5.43. The van der Waals surface area contributed by atoms with Crippen LogP contribution in [-0.2, 0) is 11.3 Å². The summed E-state index contributed by atoms with van der Waals surface area (Å²) in [6.45, 7) is 12.1. The molecule has 3 heterocycles. The number of likely N-dealkylation sites (N-methyl/N-ethyl adjacent to an activating group) is 1. The van der Waals surface area contributed by atoms with E-state index in [-0.39, 0.29) is 0 Å². The molecule has 0 aliphatic carbocycles. The van der Waals surface area contributed by atoms with Gasteiger partial charge in [-0.25, -0.2) is 9.97 Å². The summed E-state index contributed by atoms with van der Waals surface area (Å²) >= 11 is 0. The van der Waals surface area contributed by atoms with Crippen LogP contribution in [-0.4, -0.2) is 103 Å². The van der Waals surface area contributed by atoms with Gasteiger partial charge in [-0.2, -0.15) is 0 Å². The lowest BCUT2D eigenvalue weighted by Gasteiger charge is -2.29. The molecule has 0 bridgehead atoms. The van der Waals surface area contributed by atoms with Gasteiger partial charge >= 0.3 is 0 Å². The minimum Gasteiger partial charge on any atom is -0.490 e. The van der Waals surface area contributed by atoms with E-state index in [1.807, 2.05) is 33.0 Å². The van der Waals surface area contributed by atoms with Crippen molar-refractivity contribution in [3.05, 3.63) is 41.9 Å². The molecule has 0 amide bonds. The van der Waals surface area contributed by atoms with E-state index >= 15 is 0 Å². The summed E-state index contributed by atoms with van der Waals surface area (Å²) in [7, 11) is 2.04. The fourth-order valence-corrected chi connectivity index (χ4v) is 4.81. The van der Waals surface area contributed by atoms with Gasteiger partial charge < -0.3 is 24.2 Å². The maximum absolute atomic E-state index is 11.2. The highest BCUT2D eigenvalue weighted by Gasteiger charge is 2.37. The Morgan fingerprint density at radius 2 is 1.94 bits per heavy atom. The molecule has 2 aromatic rings. The van der Waals surface area contributed by atoms with Crippen LogP contribution < -0.4 is 14.4 Å². The molecule has 1 atom stereocenters. The first kappa shape index (κ1) is 25.6. The fourth-order valence-electron chi connectivity index (χ4n) is 4.81. The van der Waals surface area contributed by atoms with Crippen molar-refractivity contribution in [1.82, 2.24) is 19.8 Å². The van der Waals surface area contributed by atoms with Gasteiger partial charge in [-0.3, -0.25) is 9.80 Å². The van der Waals surface area contributed by atoms with Crippen LogP contribution in [0.2, 0.25) is 0 Å². The lowest BCUT2D eigenvalue weighted by molar-refractivity contribution is 0.0279. The van der Waals surface area contributed by atoms with Crippen LogP contribution in [0.3, 0.4) is 0 Å². The van der Waals surface area contributed by atoms with Crippen molar-refractivity contribution in [1.29, 1.82) is 0 Å². The Kier molecular flexibility index (Phi) is 8.78. The quantitative estimate of drug-likeness (QED) is 0.514. The number of benzene rings is 1. The fraction of sp³-hybridized carbons (Fsp3) is 0.615. The van der Waals surface area contributed by atoms with E-state index < -0.39 is 5.60 Å². The van der Waals surface area contributed by atoms with Crippen molar-refractivity contribution in [3.63, 3.8) is 0 Å². The van der Waals surface area contributed by atoms with E-state index in [0.717, 1.165) is 68.0 Å². The molecule has 2 aliphatic rings. The average Bonchev–Trinajstić information content (AvgIpc) is 3.22. The van der Waals surface area contributed by atoms with Gasteiger partial charge in [-0.15, -0.1) is 0 Å². The van der Waals surface area contributed by atoms with Gasteiger partial charge in [-0.05, 0) is 45.0 Å². The number of hydrogen-bond acceptors (Lipinski definition) is 9. The summed E-state index contributed by atoms with van der Waals surface area (Å²) in [6.07, 6.45) is 2.29. The summed E-state index contributed by atoms with van der Waals surface area (Å²) < 4.78 is 17.4. The van der Waals surface area contributed by atoms with Gasteiger partial charge in [0.1, 0.15) is 18.8 Å². The summed E-state index contributed by atoms with van der Waals surface area (Å²) in [5.74, 6) is 2.42. The molecular weight excluding hydrogens is 446 g/mol. The third-order valence-corrected chi connectivity index (χ3v) is 6.54. The molecule has 9 nitrogen and oxygen atoms in total. The number of anilines is 1. The van der Waals surface area contributed by atoms with E-state index in [4.69, 9.17) is 14.2 Å². The molecule has 9 heteroatoms. The van der Waals surface area contributed by atoms with Crippen molar-refractivity contribution >= 4 is 5.82 Å². The largest absolute Gasteiger partial charge is 0.490 e. The van der Waals surface area contributed by atoms with Gasteiger partial charge in [0.25, 0.3) is 0 Å². The van der Waals surface area contributed by atoms with Crippen LogP contribution >= 0.6 is 0 Å². The first-order valence-corrected chi connectivity index (χ1v) is 12.6. The highest BCUT2D eigenvalue weighted by Crippen LogP contribution is 2.30. The molecule has 192 valence electrons. The zero-order valence-electron chi connectivity index (χ0n) is 21.3. The Bertz CT molecular complexity index is 955. The van der Waals surface area contributed by atoms with E-state index in [2.05, 4.69) is 36.8 Å². The van der Waals surface area contributed by atoms with E-state index in [1.54, 1.807) is 6.33 Å². The third-order valence-electron chi connectivity index (χ3n) is 6.54. The molecule has 0 radical (unpaired) electrons. The minimum atomic E-state index is -0.779. The van der Waals surface area contributed by atoms with Crippen LogP contribution in [0.5, 0.6) is 11.5 Å². The molecular formula is C26H39N5O4. The second-order valence-corrected chi connectivity index (χ2v) is 9.60. The molecule has 0 saturated carbocycles. The SMILES string of the molecule is CCOc1cc(CN(C)C[C@@]2(O)CCN(c3cc(C)ncn3)C2)ccc1OCCN1CCOCC1. The summed E-state index contributed by atoms with van der Waals surface area (Å²) in [4.78, 5) is 15.2. The third kappa shape index (κ3) is 7.27. The van der Waals surface area contributed by atoms with Gasteiger partial charge in [0.15, 0.2) is 11.5 Å². The molecule has 1 aromatic heterocycles. The Hall–Kier alpha value is -2.46. The first-order valence-electron chi connectivity index (χ1n) is 12.6. The monoisotopic (exact) mass is 485 g/mol. The number of hydrogen-bond donors (Lipinski definition) is 1. The zero-order chi connectivity index (χ0) is 24.7. The number of nitrogens with zero attached hydrogens (tertiary/aromatic N) is 5. The molecule has 1 N–H and O–H groups in total. The summed E-state index contributed by atoms with van der Waals surface area (Å²) in [6, 6.07) is 8.10. The van der Waals surface area contributed by atoms with E-state index in [1.165, 1.54) is 0 Å². The van der Waals surface area contributed by atoms with Gasteiger partial charge in [-0.1, -0.05) is 6.07 Å². The number of β-amino-alcohol motifs (C(OH)–C–C–N with tert-alkyl or cyclic N) is 1. The van der Waals surface area contributed by atoms with Crippen LogP contribution in [0, 0.1) is 6.92 Å². The summed E-state index contributed by atoms with van der Waals surface area (Å²) in [5, 5.41) is 11.2. The number of ether oxygens (including phenoxy) is 3. The lowest BCUT2D eigenvalue weighted by Crippen LogP contribution is -2.43. The van der Waals surface area contributed by atoms with Crippen LogP contribution in [0.4, 0.5) is 5.82 Å². The predicted molar refractivity (Wildman–Crippen MR) is 135 cm³/mol. The Morgan fingerprint density at radius 1 is 1.11 bits per heavy atom. The standard InChI is InChI=1S/C26H39N5O4/c1-4-34-24-16-22(5-6-23(24)35-14-11-30-9-12-33-13-10-30)17-29(3)18-26(32)7-8-31(19-26)25-15-21(2)27-20-28-25/h5-6,15-16,20,32H,4,7-14,17-19H2,1-3H3/t26-/m0/s1. The predicted octanol–water partition coefficient (Wildman–Crippen LogP) is 1.97. The summed E-state index contributed by atoms with van der Waals surface area (Å²) in [5.41, 5.74) is 1.28. The Labute approximate surface area is 208 Å². The van der Waals surface area contributed by atoms with Crippen molar-refractivity contribution in [2.75, 3.05) is 77.6 Å². The number of rotatable bonds is 11. The minimum absolute atomic E-state index is 0.563. The molecule has 1 aromatic carbocycles. The molecule has 35 heavy (non-hydrogen) atoms. The molecule has 4 rings (SSSR count). The molecule has 2 saturated heterocycles. The second kappa shape index (κ2) is 12.0. The van der Waals surface area contributed by atoms with Gasteiger partial charge in [0.05, 0.1) is 25.4 Å².